The number of unbranched alkanes of at least 4 members (excludes halogenated alkanes) is 5. The van der Waals surface area contributed by atoms with Crippen LogP contribution in [0.1, 0.15) is 65.2 Å². The van der Waals surface area contributed by atoms with Crippen LogP contribution in [0.25, 0.3) is 0 Å². The van der Waals surface area contributed by atoms with E-state index in [2.05, 4.69) is 19.3 Å². The van der Waals surface area contributed by atoms with Crippen molar-refractivity contribution >= 4 is 0 Å². The number of nitrogens with one attached hydrogen (secondary N) is 1. The monoisotopic (exact) mass is 212 g/mol. The number of hydrogen-bond acceptors (Lipinski definition) is 2. The highest BCUT2D eigenvalue weighted by molar-refractivity contribution is 4.91. The van der Waals surface area contributed by atoms with Crippen molar-refractivity contribution in [3.63, 3.8) is 0 Å². The van der Waals surface area contributed by atoms with Crippen LogP contribution in [0.4, 0.5) is 0 Å². The summed E-state index contributed by atoms with van der Waals surface area (Å²) in [7, 11) is 0. The second-order valence-corrected chi connectivity index (χ2v) is 5.21. The van der Waals surface area contributed by atoms with Crippen LogP contribution in [0.15, 0.2) is 0 Å². The Kier molecular flexibility index (Phi) is 6.26. The summed E-state index contributed by atoms with van der Waals surface area (Å²) < 4.78 is 0. The SMILES string of the molecule is CCCCCCCCC(NN)C1CC1C. The molecule has 90 valence electrons. The molecular formula is C13H28N2. The molecule has 1 saturated carbocycles. The smallest absolute Gasteiger partial charge is 0.0241 e. The molecule has 1 rings (SSSR count). The summed E-state index contributed by atoms with van der Waals surface area (Å²) >= 11 is 0. The minimum atomic E-state index is 0.589. The fourth-order valence-electron chi connectivity index (χ4n) is 2.48. The second kappa shape index (κ2) is 7.24. The second-order valence-electron chi connectivity index (χ2n) is 5.21. The van der Waals surface area contributed by atoms with E-state index < -0.39 is 0 Å². The van der Waals surface area contributed by atoms with E-state index in [9.17, 15) is 0 Å². The van der Waals surface area contributed by atoms with Crippen LogP contribution in [0, 0.1) is 11.8 Å². The van der Waals surface area contributed by atoms with Crippen LogP contribution < -0.4 is 11.3 Å². The lowest BCUT2D eigenvalue weighted by Gasteiger charge is -2.15. The van der Waals surface area contributed by atoms with Crippen LogP contribution in [-0.4, -0.2) is 6.04 Å². The third-order valence-corrected chi connectivity index (χ3v) is 3.77. The topological polar surface area (TPSA) is 38.0 Å². The summed E-state index contributed by atoms with van der Waals surface area (Å²) in [5.41, 5.74) is 3.00. The predicted octanol–water partition coefficient (Wildman–Crippen LogP) is 3.22. The first-order chi connectivity index (χ1) is 7.29. The first-order valence-electron chi connectivity index (χ1n) is 6.75. The molecule has 0 radical (unpaired) electrons. The van der Waals surface area contributed by atoms with Gasteiger partial charge in [0.2, 0.25) is 0 Å². The summed E-state index contributed by atoms with van der Waals surface area (Å²) in [4.78, 5) is 0. The molecule has 0 heterocycles. The van der Waals surface area contributed by atoms with Gasteiger partial charge in [0.15, 0.2) is 0 Å². The lowest BCUT2D eigenvalue weighted by Crippen LogP contribution is -2.37. The zero-order chi connectivity index (χ0) is 11.1. The average Bonchev–Trinajstić information content (AvgIpc) is 2.95. The molecular weight excluding hydrogens is 184 g/mol. The van der Waals surface area contributed by atoms with Gasteiger partial charge in [-0.1, -0.05) is 52.4 Å². The van der Waals surface area contributed by atoms with E-state index in [0.717, 1.165) is 11.8 Å². The van der Waals surface area contributed by atoms with Crippen LogP contribution in [0.3, 0.4) is 0 Å². The normalized spacial score (nSPS) is 26.6. The molecule has 0 aromatic heterocycles. The Labute approximate surface area is 95.0 Å². The summed E-state index contributed by atoms with van der Waals surface area (Å²) in [5.74, 6) is 7.36. The molecule has 0 spiro atoms. The molecule has 15 heavy (non-hydrogen) atoms. The Morgan fingerprint density at radius 3 is 2.33 bits per heavy atom. The number of nitrogens with two attached hydrogens (primary N) is 1. The molecule has 1 fully saturated rings. The highest BCUT2D eigenvalue weighted by atomic mass is 15.2. The molecule has 3 atom stereocenters. The van der Waals surface area contributed by atoms with Gasteiger partial charge < -0.3 is 0 Å². The summed E-state index contributed by atoms with van der Waals surface area (Å²) in [6.45, 7) is 4.60. The zero-order valence-electron chi connectivity index (χ0n) is 10.5. The maximum absolute atomic E-state index is 5.59. The molecule has 1 aliphatic carbocycles. The Morgan fingerprint density at radius 1 is 1.20 bits per heavy atom. The Morgan fingerprint density at radius 2 is 1.80 bits per heavy atom. The van der Waals surface area contributed by atoms with Crippen molar-refractivity contribution < 1.29 is 0 Å². The van der Waals surface area contributed by atoms with Crippen molar-refractivity contribution in [2.24, 2.45) is 17.7 Å². The first-order valence-corrected chi connectivity index (χ1v) is 6.75. The molecule has 3 N–H and O–H groups in total. The van der Waals surface area contributed by atoms with Crippen LogP contribution >= 0.6 is 0 Å². The number of rotatable bonds is 9. The summed E-state index contributed by atoms with van der Waals surface area (Å²) in [5, 5.41) is 0. The van der Waals surface area contributed by atoms with Gasteiger partial charge in [-0.25, -0.2) is 0 Å². The summed E-state index contributed by atoms with van der Waals surface area (Å²) in [6, 6.07) is 0.589. The number of hydrogen-bond donors (Lipinski definition) is 2. The minimum Gasteiger partial charge on any atom is -0.271 e. The average molecular weight is 212 g/mol. The van der Waals surface area contributed by atoms with Crippen molar-refractivity contribution in [1.29, 1.82) is 0 Å². The Hall–Kier alpha value is -0.0800. The number of hydrazine groups is 1. The first kappa shape index (κ1) is 13.0. The van der Waals surface area contributed by atoms with E-state index in [4.69, 9.17) is 5.84 Å². The van der Waals surface area contributed by atoms with Crippen LogP contribution in [-0.2, 0) is 0 Å². The zero-order valence-corrected chi connectivity index (χ0v) is 10.5. The van der Waals surface area contributed by atoms with Crippen LogP contribution in [0.2, 0.25) is 0 Å². The summed E-state index contributed by atoms with van der Waals surface area (Å²) in [6.07, 6.45) is 11.0. The lowest BCUT2D eigenvalue weighted by atomic mass is 10.0. The van der Waals surface area contributed by atoms with Crippen molar-refractivity contribution in [2.45, 2.75) is 71.3 Å². The molecule has 2 heteroatoms. The highest BCUT2D eigenvalue weighted by Crippen LogP contribution is 2.41. The molecule has 2 nitrogen and oxygen atoms in total. The Balaban J connectivity index is 1.93. The van der Waals surface area contributed by atoms with Gasteiger partial charge in [0, 0.05) is 6.04 Å². The molecule has 0 saturated heterocycles. The maximum atomic E-state index is 5.59. The third-order valence-electron chi connectivity index (χ3n) is 3.77. The molecule has 0 aromatic rings. The van der Waals surface area contributed by atoms with Crippen molar-refractivity contribution in [1.82, 2.24) is 5.43 Å². The third kappa shape index (κ3) is 4.98. The molecule has 3 unspecified atom stereocenters. The van der Waals surface area contributed by atoms with Gasteiger partial charge in [-0.15, -0.1) is 0 Å². The van der Waals surface area contributed by atoms with Crippen molar-refractivity contribution in [3.05, 3.63) is 0 Å². The molecule has 0 bridgehead atoms. The predicted molar refractivity (Wildman–Crippen MR) is 66.4 cm³/mol. The van der Waals surface area contributed by atoms with E-state index in [0.29, 0.717) is 6.04 Å². The van der Waals surface area contributed by atoms with Crippen LogP contribution in [0.5, 0.6) is 0 Å². The fraction of sp³-hybridized carbons (Fsp3) is 1.00. The minimum absolute atomic E-state index is 0.589. The van der Waals surface area contributed by atoms with Gasteiger partial charge in [-0.05, 0) is 24.7 Å². The van der Waals surface area contributed by atoms with E-state index in [-0.39, 0.29) is 0 Å². The molecule has 0 aliphatic heterocycles. The van der Waals surface area contributed by atoms with Gasteiger partial charge in [-0.3, -0.25) is 11.3 Å². The van der Waals surface area contributed by atoms with Crippen molar-refractivity contribution in [2.75, 3.05) is 0 Å². The van der Waals surface area contributed by atoms with Gasteiger partial charge in [0.1, 0.15) is 0 Å². The molecule has 0 aromatic carbocycles. The van der Waals surface area contributed by atoms with Gasteiger partial charge in [-0.2, -0.15) is 0 Å². The van der Waals surface area contributed by atoms with Crippen molar-refractivity contribution in [3.8, 4) is 0 Å². The largest absolute Gasteiger partial charge is 0.271 e. The fourth-order valence-corrected chi connectivity index (χ4v) is 2.48. The quantitative estimate of drug-likeness (QED) is 0.350. The Bertz CT molecular complexity index is 159. The van der Waals surface area contributed by atoms with E-state index in [1.54, 1.807) is 0 Å². The van der Waals surface area contributed by atoms with Gasteiger partial charge >= 0.3 is 0 Å². The molecule has 1 aliphatic rings. The highest BCUT2D eigenvalue weighted by Gasteiger charge is 2.38. The van der Waals surface area contributed by atoms with Gasteiger partial charge in [0.05, 0.1) is 0 Å². The van der Waals surface area contributed by atoms with E-state index in [1.165, 1.54) is 51.4 Å². The standard InChI is InChI=1S/C13H28N2/c1-3-4-5-6-7-8-9-13(15-14)12-10-11(12)2/h11-13,15H,3-10,14H2,1-2H3. The van der Waals surface area contributed by atoms with Gasteiger partial charge in [0.25, 0.3) is 0 Å². The van der Waals surface area contributed by atoms with E-state index >= 15 is 0 Å². The lowest BCUT2D eigenvalue weighted by molar-refractivity contribution is 0.409. The van der Waals surface area contributed by atoms with E-state index in [1.807, 2.05) is 0 Å². The molecule has 0 amide bonds. The maximum Gasteiger partial charge on any atom is 0.0241 e.